The quantitative estimate of drug-likeness (QED) is 0.544. The summed E-state index contributed by atoms with van der Waals surface area (Å²) in [5.41, 5.74) is 0.884. The Balaban J connectivity index is 2.88. The lowest BCUT2D eigenvalue weighted by Crippen LogP contribution is -2.09. The van der Waals surface area contributed by atoms with Gasteiger partial charge in [-0.15, -0.1) is 0 Å². The van der Waals surface area contributed by atoms with Crippen LogP contribution in [0.4, 0.5) is 4.79 Å². The Kier molecular flexibility index (Phi) is 2.86. The van der Waals surface area contributed by atoms with Gasteiger partial charge in [-0.25, -0.2) is 9.78 Å². The van der Waals surface area contributed by atoms with Gasteiger partial charge in [0.25, 0.3) is 0 Å². The van der Waals surface area contributed by atoms with Gasteiger partial charge in [0.15, 0.2) is 0 Å². The van der Waals surface area contributed by atoms with E-state index in [-0.39, 0.29) is 0 Å². The minimum Gasteiger partial charge on any atom is -0.463 e. The Hall–Kier alpha value is -0.410. The third kappa shape index (κ3) is 1.83. The second-order valence-corrected chi connectivity index (χ2v) is 4.79. The molecule has 8 heteroatoms. The molecule has 0 radical (unpaired) electrons. The monoisotopic (exact) mass is 401 g/mol. The number of pyridine rings is 1. The number of carboxylic acid groups (broad SMARTS) is 1. The highest BCUT2D eigenvalue weighted by molar-refractivity contribution is 14.1. The van der Waals surface area contributed by atoms with Crippen molar-refractivity contribution in [3.05, 3.63) is 19.4 Å². The van der Waals surface area contributed by atoms with Crippen molar-refractivity contribution >= 4 is 67.2 Å². The third-order valence-corrected chi connectivity index (χ3v) is 3.55. The highest BCUT2D eigenvalue weighted by atomic mass is 127. The van der Waals surface area contributed by atoms with Crippen molar-refractivity contribution in [3.8, 4) is 0 Å². The van der Waals surface area contributed by atoms with Gasteiger partial charge >= 0.3 is 6.09 Å². The smallest absolute Gasteiger partial charge is 0.432 e. The molecule has 0 atom stereocenters. The molecule has 0 fully saturated rings. The molecule has 2 heterocycles. The summed E-state index contributed by atoms with van der Waals surface area (Å²) in [5.74, 6) is 0. The maximum absolute atomic E-state index is 10.8. The summed E-state index contributed by atoms with van der Waals surface area (Å²) in [4.78, 5) is 14.9. The minimum absolute atomic E-state index is 0.348. The number of carbonyl (C=O) groups is 1. The lowest BCUT2D eigenvalue weighted by atomic mass is 10.4. The van der Waals surface area contributed by atoms with Crippen LogP contribution in [-0.4, -0.2) is 26.0 Å². The molecule has 0 aromatic carbocycles. The van der Waals surface area contributed by atoms with Gasteiger partial charge in [-0.1, -0.05) is 11.6 Å². The second-order valence-electron chi connectivity index (χ2n) is 2.61. The van der Waals surface area contributed by atoms with E-state index >= 15 is 0 Å². The van der Waals surface area contributed by atoms with Crippen LogP contribution >= 0.6 is 50.1 Å². The van der Waals surface area contributed by atoms with Crippen LogP contribution in [0.15, 0.2) is 10.7 Å². The molecule has 0 bridgehead atoms. The zero-order chi connectivity index (χ0) is 11.2. The van der Waals surface area contributed by atoms with Crippen LogP contribution < -0.4 is 0 Å². The number of rotatable bonds is 0. The first kappa shape index (κ1) is 11.1. The molecule has 15 heavy (non-hydrogen) atoms. The Bertz CT molecular complexity index is 571. The average Bonchev–Trinajstić information content (AvgIpc) is 2.45. The molecule has 0 saturated heterocycles. The minimum atomic E-state index is -1.16. The van der Waals surface area contributed by atoms with E-state index in [1.165, 1.54) is 6.07 Å². The van der Waals surface area contributed by atoms with E-state index in [0.717, 1.165) is 4.68 Å². The highest BCUT2D eigenvalue weighted by Crippen LogP contribution is 2.27. The topological polar surface area (TPSA) is 68.0 Å². The maximum Gasteiger partial charge on any atom is 0.432 e. The molecule has 0 aliphatic carbocycles. The molecule has 2 aromatic rings. The molecule has 0 amide bonds. The summed E-state index contributed by atoms with van der Waals surface area (Å²) in [6.07, 6.45) is -1.16. The van der Waals surface area contributed by atoms with Gasteiger partial charge in [-0.3, -0.25) is 0 Å². The van der Waals surface area contributed by atoms with Crippen LogP contribution in [-0.2, 0) is 0 Å². The Morgan fingerprint density at radius 3 is 2.93 bits per heavy atom. The molecule has 0 unspecified atom stereocenters. The van der Waals surface area contributed by atoms with Crippen LogP contribution in [0.2, 0.25) is 5.02 Å². The van der Waals surface area contributed by atoms with E-state index < -0.39 is 6.09 Å². The van der Waals surface area contributed by atoms with E-state index in [0.29, 0.717) is 24.4 Å². The highest BCUT2D eigenvalue weighted by Gasteiger charge is 2.16. The second kappa shape index (κ2) is 3.87. The van der Waals surface area contributed by atoms with Crippen molar-refractivity contribution in [2.24, 2.45) is 0 Å². The zero-order valence-corrected chi connectivity index (χ0v) is 11.4. The van der Waals surface area contributed by atoms with Crippen LogP contribution in [0.5, 0.6) is 0 Å². The first-order chi connectivity index (χ1) is 7.00. The molecule has 0 saturated carbocycles. The fraction of sp³-hybridized carbons (Fsp3) is 0. The van der Waals surface area contributed by atoms with Crippen LogP contribution in [0, 0.1) is 3.70 Å². The van der Waals surface area contributed by atoms with E-state index in [1.807, 2.05) is 22.6 Å². The number of fused-ring (bicyclic) bond motifs is 1. The van der Waals surface area contributed by atoms with Crippen LogP contribution in [0.3, 0.4) is 0 Å². The van der Waals surface area contributed by atoms with E-state index in [9.17, 15) is 4.79 Å². The van der Waals surface area contributed by atoms with Gasteiger partial charge in [0, 0.05) is 0 Å². The van der Waals surface area contributed by atoms with Crippen molar-refractivity contribution in [1.29, 1.82) is 0 Å². The summed E-state index contributed by atoms with van der Waals surface area (Å²) in [6.45, 7) is 0. The van der Waals surface area contributed by atoms with Crippen LogP contribution in [0.1, 0.15) is 0 Å². The molecule has 0 spiro atoms. The Morgan fingerprint density at radius 2 is 2.33 bits per heavy atom. The Labute approximate surface area is 111 Å². The molecular weight excluding hydrogens is 400 g/mol. The van der Waals surface area contributed by atoms with Gasteiger partial charge < -0.3 is 5.11 Å². The van der Waals surface area contributed by atoms with Crippen molar-refractivity contribution in [2.75, 3.05) is 0 Å². The molecule has 78 valence electrons. The normalized spacial score (nSPS) is 10.9. The van der Waals surface area contributed by atoms with Gasteiger partial charge in [0.05, 0.1) is 5.02 Å². The molecule has 2 aromatic heterocycles. The molecule has 2 rings (SSSR count). The summed E-state index contributed by atoms with van der Waals surface area (Å²) in [5, 5.41) is 13.1. The van der Waals surface area contributed by atoms with Crippen molar-refractivity contribution in [1.82, 2.24) is 14.8 Å². The lowest BCUT2D eigenvalue weighted by Gasteiger charge is -1.97. The fourth-order valence-corrected chi connectivity index (χ4v) is 2.15. The number of nitrogens with zero attached hydrogens (tertiary/aromatic N) is 3. The molecule has 0 aliphatic rings. The van der Waals surface area contributed by atoms with Crippen LogP contribution in [0.25, 0.3) is 11.0 Å². The summed E-state index contributed by atoms with van der Waals surface area (Å²) in [7, 11) is 0. The van der Waals surface area contributed by atoms with Gasteiger partial charge in [0.2, 0.25) is 0 Å². The summed E-state index contributed by atoms with van der Waals surface area (Å²) < 4.78 is 1.84. The number of hydrogen-bond acceptors (Lipinski definition) is 3. The summed E-state index contributed by atoms with van der Waals surface area (Å²) >= 11 is 10.9. The van der Waals surface area contributed by atoms with E-state index in [4.69, 9.17) is 16.7 Å². The lowest BCUT2D eigenvalue weighted by molar-refractivity contribution is 0.194. The number of aromatic nitrogens is 3. The SMILES string of the molecule is O=C(O)n1nc(I)c2nc(Br)c(Cl)cc21. The molecular formula is C7H2BrClIN3O2. The van der Waals surface area contributed by atoms with Gasteiger partial charge in [-0.2, -0.15) is 9.78 Å². The van der Waals surface area contributed by atoms with Crippen molar-refractivity contribution in [3.63, 3.8) is 0 Å². The van der Waals surface area contributed by atoms with Gasteiger partial charge in [0.1, 0.15) is 19.3 Å². The largest absolute Gasteiger partial charge is 0.463 e. The first-order valence-electron chi connectivity index (χ1n) is 3.64. The maximum atomic E-state index is 10.8. The predicted octanol–water partition coefficient (Wildman–Crippen LogP) is 2.98. The third-order valence-electron chi connectivity index (χ3n) is 1.71. The van der Waals surface area contributed by atoms with E-state index in [2.05, 4.69) is 26.0 Å². The Morgan fingerprint density at radius 1 is 1.67 bits per heavy atom. The molecule has 1 N–H and O–H groups in total. The average molecular weight is 402 g/mol. The van der Waals surface area contributed by atoms with E-state index in [1.54, 1.807) is 0 Å². The standard InChI is InChI=1S/C7H2BrClIN3O2/c8-5-2(9)1-3-4(11-5)6(10)12-13(3)7(14)15/h1H,(H,14,15). The first-order valence-corrected chi connectivity index (χ1v) is 5.89. The van der Waals surface area contributed by atoms with Gasteiger partial charge in [-0.05, 0) is 44.6 Å². The zero-order valence-electron chi connectivity index (χ0n) is 6.91. The number of hydrogen-bond donors (Lipinski definition) is 1. The van der Waals surface area contributed by atoms with Crippen molar-refractivity contribution < 1.29 is 9.90 Å². The van der Waals surface area contributed by atoms with Crippen molar-refractivity contribution in [2.45, 2.75) is 0 Å². The number of halogens is 3. The molecule has 5 nitrogen and oxygen atoms in total. The summed E-state index contributed by atoms with van der Waals surface area (Å²) in [6, 6.07) is 1.51. The molecule has 0 aliphatic heterocycles. The predicted molar refractivity (Wildman–Crippen MR) is 66.4 cm³/mol. The fourth-order valence-electron chi connectivity index (χ4n) is 1.10.